The highest BCUT2D eigenvalue weighted by atomic mass is 32.1. The molecule has 150 valence electrons. The molecule has 0 aliphatic heterocycles. The first kappa shape index (κ1) is 19.7. The highest BCUT2D eigenvalue weighted by Crippen LogP contribution is 2.29. The summed E-state index contributed by atoms with van der Waals surface area (Å²) < 4.78 is 12.8. The summed E-state index contributed by atoms with van der Waals surface area (Å²) in [5.74, 6) is 0.258. The first-order valence-corrected chi connectivity index (χ1v) is 10.3. The number of thiophene rings is 1. The van der Waals surface area contributed by atoms with Crippen LogP contribution in [0.15, 0.2) is 60.7 Å². The van der Waals surface area contributed by atoms with Crippen molar-refractivity contribution >= 4 is 27.5 Å². The number of rotatable bonds is 7. The van der Waals surface area contributed by atoms with E-state index in [2.05, 4.69) is 23.3 Å². The first-order valence-electron chi connectivity index (χ1n) is 9.45. The lowest BCUT2D eigenvalue weighted by Crippen LogP contribution is -2.11. The molecule has 30 heavy (non-hydrogen) atoms. The highest BCUT2D eigenvalue weighted by molar-refractivity contribution is 7.20. The van der Waals surface area contributed by atoms with Crippen molar-refractivity contribution in [2.45, 2.75) is 13.5 Å². The Bertz CT molecular complexity index is 1200. The molecule has 6 nitrogen and oxygen atoms in total. The topological polar surface area (TPSA) is 77.1 Å². The third kappa shape index (κ3) is 4.34. The minimum absolute atomic E-state index is 0.141. The van der Waals surface area contributed by atoms with Gasteiger partial charge in [-0.1, -0.05) is 30.3 Å². The summed E-state index contributed by atoms with van der Waals surface area (Å²) in [5.41, 5.74) is 2.61. The minimum atomic E-state index is -0.370. The van der Waals surface area contributed by atoms with Crippen LogP contribution in [0.25, 0.3) is 10.2 Å². The summed E-state index contributed by atoms with van der Waals surface area (Å²) in [4.78, 5) is 14.0. The largest absolute Gasteiger partial charge is 0.490 e. The zero-order valence-corrected chi connectivity index (χ0v) is 17.2. The van der Waals surface area contributed by atoms with Gasteiger partial charge in [0.1, 0.15) is 28.7 Å². The van der Waals surface area contributed by atoms with E-state index in [-0.39, 0.29) is 19.2 Å². The van der Waals surface area contributed by atoms with E-state index in [1.807, 2.05) is 35.9 Å². The molecule has 0 amide bonds. The molecule has 0 saturated heterocycles. The van der Waals surface area contributed by atoms with Crippen molar-refractivity contribution < 1.29 is 14.3 Å². The normalized spacial score (nSPS) is 10.7. The molecule has 0 spiro atoms. The molecule has 0 fully saturated rings. The molecule has 2 aromatic carbocycles. The average Bonchev–Trinajstić information content (AvgIpc) is 3.34. The van der Waals surface area contributed by atoms with Crippen LogP contribution in [0.3, 0.4) is 0 Å². The molecule has 0 unspecified atom stereocenters. The van der Waals surface area contributed by atoms with Gasteiger partial charge in [-0.05, 0) is 42.8 Å². The number of nitrogens with zero attached hydrogens (tertiary/aromatic N) is 3. The van der Waals surface area contributed by atoms with E-state index in [9.17, 15) is 4.79 Å². The molecule has 0 radical (unpaired) electrons. The number of benzene rings is 2. The van der Waals surface area contributed by atoms with Crippen molar-refractivity contribution in [1.29, 1.82) is 5.26 Å². The van der Waals surface area contributed by atoms with E-state index in [4.69, 9.17) is 14.7 Å². The number of aryl methyl sites for hydroxylation is 1. The maximum Gasteiger partial charge on any atom is 0.348 e. The first-order chi connectivity index (χ1) is 14.6. The Kier molecular flexibility index (Phi) is 5.77. The molecule has 2 heterocycles. The van der Waals surface area contributed by atoms with Crippen molar-refractivity contribution in [2.75, 3.05) is 13.2 Å². The van der Waals surface area contributed by atoms with E-state index in [0.717, 1.165) is 21.5 Å². The molecular weight excluding hydrogens is 398 g/mol. The van der Waals surface area contributed by atoms with Crippen LogP contribution in [-0.4, -0.2) is 29.0 Å². The third-order valence-electron chi connectivity index (χ3n) is 4.55. The molecule has 0 saturated carbocycles. The van der Waals surface area contributed by atoms with Crippen molar-refractivity contribution in [1.82, 2.24) is 9.78 Å². The maximum absolute atomic E-state index is 12.5. The smallest absolute Gasteiger partial charge is 0.348 e. The van der Waals surface area contributed by atoms with E-state index in [0.29, 0.717) is 22.7 Å². The Morgan fingerprint density at radius 2 is 1.90 bits per heavy atom. The average molecular weight is 417 g/mol. The van der Waals surface area contributed by atoms with Crippen LogP contribution in [0.5, 0.6) is 5.75 Å². The van der Waals surface area contributed by atoms with Gasteiger partial charge in [-0.2, -0.15) is 10.4 Å². The second-order valence-electron chi connectivity index (χ2n) is 6.68. The van der Waals surface area contributed by atoms with Crippen molar-refractivity contribution in [3.63, 3.8) is 0 Å². The Balaban J connectivity index is 1.37. The fourth-order valence-corrected chi connectivity index (χ4v) is 4.12. The Morgan fingerprint density at radius 3 is 2.63 bits per heavy atom. The van der Waals surface area contributed by atoms with E-state index in [1.54, 1.807) is 24.3 Å². The summed E-state index contributed by atoms with van der Waals surface area (Å²) in [6, 6.07) is 20.8. The van der Waals surface area contributed by atoms with Crippen LogP contribution < -0.4 is 4.74 Å². The summed E-state index contributed by atoms with van der Waals surface area (Å²) in [6.45, 7) is 2.97. The summed E-state index contributed by atoms with van der Waals surface area (Å²) in [5, 5.41) is 14.4. The zero-order chi connectivity index (χ0) is 20.9. The molecule has 0 atom stereocenters. The van der Waals surface area contributed by atoms with Gasteiger partial charge in [-0.25, -0.2) is 4.79 Å². The van der Waals surface area contributed by atoms with Gasteiger partial charge in [0.25, 0.3) is 0 Å². The molecule has 7 heteroatoms. The van der Waals surface area contributed by atoms with Gasteiger partial charge in [0.2, 0.25) is 0 Å². The lowest BCUT2D eigenvalue weighted by atomic mass is 10.2. The second-order valence-corrected chi connectivity index (χ2v) is 7.71. The van der Waals surface area contributed by atoms with Crippen LogP contribution in [-0.2, 0) is 11.3 Å². The fourth-order valence-electron chi connectivity index (χ4n) is 3.07. The van der Waals surface area contributed by atoms with Crippen LogP contribution in [0.1, 0.15) is 26.5 Å². The highest BCUT2D eigenvalue weighted by Gasteiger charge is 2.17. The number of nitriles is 1. The van der Waals surface area contributed by atoms with Gasteiger partial charge in [0.15, 0.2) is 0 Å². The number of esters is 1. The molecule has 0 N–H and O–H groups in total. The molecule has 0 bridgehead atoms. The number of carbonyl (C=O) groups excluding carboxylic acids is 1. The van der Waals surface area contributed by atoms with Crippen molar-refractivity contribution in [2.24, 2.45) is 0 Å². The van der Waals surface area contributed by atoms with Crippen molar-refractivity contribution in [3.05, 3.63) is 82.4 Å². The number of fused-ring (bicyclic) bond motifs is 1. The Hall–Kier alpha value is -3.63. The molecule has 0 aliphatic rings. The van der Waals surface area contributed by atoms with Gasteiger partial charge >= 0.3 is 5.97 Å². The van der Waals surface area contributed by atoms with E-state index in [1.165, 1.54) is 11.3 Å². The van der Waals surface area contributed by atoms with E-state index >= 15 is 0 Å². The van der Waals surface area contributed by atoms with Gasteiger partial charge in [0.05, 0.1) is 23.9 Å². The monoisotopic (exact) mass is 417 g/mol. The van der Waals surface area contributed by atoms with Crippen molar-refractivity contribution in [3.8, 4) is 11.8 Å². The second kappa shape index (κ2) is 8.80. The Labute approximate surface area is 177 Å². The van der Waals surface area contributed by atoms with Gasteiger partial charge < -0.3 is 9.47 Å². The minimum Gasteiger partial charge on any atom is -0.490 e. The quantitative estimate of drug-likeness (QED) is 0.325. The number of hydrogen-bond acceptors (Lipinski definition) is 6. The summed E-state index contributed by atoms with van der Waals surface area (Å²) in [7, 11) is 0. The predicted octanol–water partition coefficient (Wildman–Crippen LogP) is 4.56. The lowest BCUT2D eigenvalue weighted by molar-refractivity contribution is 0.0456. The molecule has 0 aliphatic carbocycles. The molecule has 4 aromatic rings. The number of hydrogen-bond donors (Lipinski definition) is 0. The SMILES string of the molecule is Cc1nn(Cc2ccccc2)c2sc(C(=O)OCCOc3ccc(C#N)cc3)cc12. The maximum atomic E-state index is 12.5. The Morgan fingerprint density at radius 1 is 1.13 bits per heavy atom. The lowest BCUT2D eigenvalue weighted by Gasteiger charge is -2.06. The van der Waals surface area contributed by atoms with Gasteiger partial charge in [0, 0.05) is 5.39 Å². The van der Waals surface area contributed by atoms with Crippen LogP contribution in [0.2, 0.25) is 0 Å². The number of aromatic nitrogens is 2. The van der Waals surface area contributed by atoms with Gasteiger partial charge in [-0.15, -0.1) is 11.3 Å². The standard InChI is InChI=1S/C23H19N3O3S/c1-16-20-13-21(30-22(20)26(25-16)15-18-5-3-2-4-6-18)23(27)29-12-11-28-19-9-7-17(14-24)8-10-19/h2-10,13H,11-12,15H2,1H3. The van der Waals surface area contributed by atoms with Crippen LogP contribution in [0, 0.1) is 18.3 Å². The van der Waals surface area contributed by atoms with Gasteiger partial charge in [-0.3, -0.25) is 4.68 Å². The van der Waals surface area contributed by atoms with E-state index < -0.39 is 0 Å². The fraction of sp³-hybridized carbons (Fsp3) is 0.174. The van der Waals surface area contributed by atoms with Crippen LogP contribution in [0.4, 0.5) is 0 Å². The molecule has 4 rings (SSSR count). The zero-order valence-electron chi connectivity index (χ0n) is 16.4. The van der Waals surface area contributed by atoms with Crippen LogP contribution >= 0.6 is 11.3 Å². The number of ether oxygens (including phenoxy) is 2. The molecule has 2 aromatic heterocycles. The number of carbonyl (C=O) groups is 1. The summed E-state index contributed by atoms with van der Waals surface area (Å²) in [6.07, 6.45) is 0. The summed E-state index contributed by atoms with van der Waals surface area (Å²) >= 11 is 1.39. The predicted molar refractivity (Wildman–Crippen MR) is 115 cm³/mol. The molecular formula is C23H19N3O3S. The third-order valence-corrected chi connectivity index (χ3v) is 5.68.